The maximum absolute atomic E-state index is 10.9. The number of esters is 1. The first-order valence-corrected chi connectivity index (χ1v) is 5.64. The van der Waals surface area contributed by atoms with Crippen LogP contribution in [0.1, 0.15) is 6.42 Å². The molecule has 0 aliphatic heterocycles. The van der Waals surface area contributed by atoms with Crippen LogP contribution in [0.25, 0.3) is 0 Å². The third kappa shape index (κ3) is 7.05. The van der Waals surface area contributed by atoms with E-state index in [4.69, 9.17) is 5.11 Å². The number of rotatable bonds is 8. The number of likely N-dealkylation sites (N-methyl/N-ethyl adjacent to an activating group) is 1. The molecule has 0 saturated carbocycles. The second-order valence-electron chi connectivity index (χ2n) is 2.73. The summed E-state index contributed by atoms with van der Waals surface area (Å²) in [5, 5.41) is 11.3. The summed E-state index contributed by atoms with van der Waals surface area (Å²) >= 11 is 1.32. The Morgan fingerprint density at radius 1 is 1.62 bits per heavy atom. The van der Waals surface area contributed by atoms with Crippen molar-refractivity contribution in [3.8, 4) is 0 Å². The van der Waals surface area contributed by atoms with E-state index in [0.717, 1.165) is 0 Å². The number of aliphatic carboxylic acids is 1. The Balaban J connectivity index is 3.62. The number of carbonyl (C=O) groups is 2. The van der Waals surface area contributed by atoms with E-state index < -0.39 is 18.0 Å². The molecule has 0 amide bonds. The zero-order valence-electron chi connectivity index (χ0n) is 8.76. The number of nitrogens with one attached hydrogen (secondary N) is 1. The SMILES string of the molecule is CN[C@@H](CSCCC(=O)OC=C=O)C(=O)O. The van der Waals surface area contributed by atoms with Gasteiger partial charge in [0.1, 0.15) is 6.04 Å². The first-order chi connectivity index (χ1) is 7.61. The number of carboxylic acid groups (broad SMARTS) is 1. The number of carbonyl (C=O) groups excluding carboxylic acids is 2. The van der Waals surface area contributed by atoms with Crippen molar-refractivity contribution in [2.75, 3.05) is 18.6 Å². The van der Waals surface area contributed by atoms with Crippen LogP contribution < -0.4 is 5.32 Å². The molecule has 0 radical (unpaired) electrons. The Morgan fingerprint density at radius 2 is 2.31 bits per heavy atom. The fraction of sp³-hybridized carbons (Fsp3) is 0.556. The number of hydrogen-bond acceptors (Lipinski definition) is 6. The Bertz CT molecular complexity index is 288. The zero-order chi connectivity index (χ0) is 12.4. The van der Waals surface area contributed by atoms with Crippen molar-refractivity contribution in [2.24, 2.45) is 0 Å². The van der Waals surface area contributed by atoms with Gasteiger partial charge in [-0.25, -0.2) is 4.79 Å². The predicted molar refractivity (Wildman–Crippen MR) is 58.8 cm³/mol. The van der Waals surface area contributed by atoms with E-state index in [0.29, 0.717) is 17.8 Å². The Labute approximate surface area is 97.0 Å². The number of thioether (sulfide) groups is 1. The smallest absolute Gasteiger partial charge is 0.321 e. The van der Waals surface area contributed by atoms with Crippen LogP contribution in [0.4, 0.5) is 0 Å². The van der Waals surface area contributed by atoms with Gasteiger partial charge in [0.05, 0.1) is 6.42 Å². The second kappa shape index (κ2) is 8.96. The Kier molecular flexibility index (Phi) is 8.24. The largest absolute Gasteiger partial charge is 0.480 e. The highest BCUT2D eigenvalue weighted by Gasteiger charge is 2.14. The molecule has 0 spiro atoms. The third-order valence-corrected chi connectivity index (χ3v) is 2.68. The van der Waals surface area contributed by atoms with Gasteiger partial charge in [-0.05, 0) is 7.05 Å². The molecule has 7 heteroatoms. The predicted octanol–water partition coefficient (Wildman–Crippen LogP) is -0.329. The molecule has 0 fully saturated rings. The standard InChI is InChI=1S/C9H13NO5S/c1-10-7(9(13)14)6-16-5-2-8(12)15-4-3-11/h4,7,10H,2,5-6H2,1H3,(H,13,14)/t7-/m0/s1. The van der Waals surface area contributed by atoms with Gasteiger partial charge >= 0.3 is 11.9 Å². The van der Waals surface area contributed by atoms with Gasteiger partial charge in [0, 0.05) is 11.5 Å². The molecule has 0 unspecified atom stereocenters. The van der Waals surface area contributed by atoms with Gasteiger partial charge in [-0.2, -0.15) is 11.8 Å². The van der Waals surface area contributed by atoms with E-state index in [1.165, 1.54) is 17.7 Å². The van der Waals surface area contributed by atoms with Crippen LogP contribution in [0.2, 0.25) is 0 Å². The van der Waals surface area contributed by atoms with E-state index in [1.54, 1.807) is 7.05 Å². The van der Waals surface area contributed by atoms with Crippen LogP contribution in [0, 0.1) is 0 Å². The first-order valence-electron chi connectivity index (χ1n) is 4.48. The average molecular weight is 247 g/mol. The highest BCUT2D eigenvalue weighted by Crippen LogP contribution is 2.05. The van der Waals surface area contributed by atoms with Gasteiger partial charge in [0.2, 0.25) is 0 Å². The molecule has 0 rings (SSSR count). The molecule has 0 saturated heterocycles. The molecule has 90 valence electrons. The highest BCUT2D eigenvalue weighted by molar-refractivity contribution is 7.99. The molecule has 0 aromatic carbocycles. The summed E-state index contributed by atoms with van der Waals surface area (Å²) in [6.45, 7) is 0. The van der Waals surface area contributed by atoms with Crippen molar-refractivity contribution in [3.05, 3.63) is 6.26 Å². The van der Waals surface area contributed by atoms with E-state index in [9.17, 15) is 14.4 Å². The molecule has 0 bridgehead atoms. The molecular weight excluding hydrogens is 234 g/mol. The van der Waals surface area contributed by atoms with Crippen LogP contribution in [-0.4, -0.2) is 47.6 Å². The normalized spacial score (nSPS) is 11.3. The van der Waals surface area contributed by atoms with E-state index in [-0.39, 0.29) is 6.42 Å². The molecule has 0 aliphatic rings. The van der Waals surface area contributed by atoms with Crippen molar-refractivity contribution in [1.29, 1.82) is 0 Å². The van der Waals surface area contributed by atoms with Gasteiger partial charge in [-0.1, -0.05) is 0 Å². The Hall–Kier alpha value is -1.30. The number of carboxylic acids is 1. The third-order valence-electron chi connectivity index (χ3n) is 1.62. The monoisotopic (exact) mass is 247 g/mol. The van der Waals surface area contributed by atoms with Crippen LogP contribution in [-0.2, 0) is 19.1 Å². The average Bonchev–Trinajstić information content (AvgIpc) is 2.25. The lowest BCUT2D eigenvalue weighted by atomic mass is 10.3. The van der Waals surface area contributed by atoms with E-state index in [2.05, 4.69) is 10.1 Å². The fourth-order valence-electron chi connectivity index (χ4n) is 0.783. The lowest BCUT2D eigenvalue weighted by Gasteiger charge is -2.09. The van der Waals surface area contributed by atoms with Gasteiger partial charge in [-0.3, -0.25) is 9.59 Å². The highest BCUT2D eigenvalue weighted by atomic mass is 32.2. The Morgan fingerprint density at radius 3 is 2.81 bits per heavy atom. The minimum Gasteiger partial charge on any atom is -0.480 e. The molecule has 0 aromatic rings. The minimum absolute atomic E-state index is 0.124. The van der Waals surface area contributed by atoms with Gasteiger partial charge in [-0.15, -0.1) is 0 Å². The van der Waals surface area contributed by atoms with E-state index >= 15 is 0 Å². The summed E-state index contributed by atoms with van der Waals surface area (Å²) in [5.74, 6) is 0.660. The zero-order valence-corrected chi connectivity index (χ0v) is 9.58. The molecular formula is C9H13NO5S. The molecule has 6 nitrogen and oxygen atoms in total. The number of hydrogen-bond donors (Lipinski definition) is 2. The topological polar surface area (TPSA) is 92.7 Å². The van der Waals surface area contributed by atoms with Gasteiger partial charge < -0.3 is 15.2 Å². The quantitative estimate of drug-likeness (QED) is 0.262. The molecule has 0 heterocycles. The van der Waals surface area contributed by atoms with Crippen molar-refractivity contribution >= 4 is 29.6 Å². The lowest BCUT2D eigenvalue weighted by molar-refractivity contribution is -0.139. The van der Waals surface area contributed by atoms with Crippen molar-refractivity contribution in [2.45, 2.75) is 12.5 Å². The van der Waals surface area contributed by atoms with Crippen molar-refractivity contribution < 1.29 is 24.2 Å². The fourth-order valence-corrected chi connectivity index (χ4v) is 1.81. The molecule has 1 atom stereocenters. The van der Waals surface area contributed by atoms with Crippen LogP contribution in [0.5, 0.6) is 0 Å². The summed E-state index contributed by atoms with van der Waals surface area (Å²) < 4.78 is 4.34. The van der Waals surface area contributed by atoms with Crippen molar-refractivity contribution in [1.82, 2.24) is 5.32 Å². The summed E-state index contributed by atoms with van der Waals surface area (Å²) in [6, 6.07) is -0.629. The van der Waals surface area contributed by atoms with E-state index in [1.807, 2.05) is 0 Å². The summed E-state index contributed by atoms with van der Waals surface area (Å²) in [5.41, 5.74) is 0. The summed E-state index contributed by atoms with van der Waals surface area (Å²) in [4.78, 5) is 31.2. The molecule has 2 N–H and O–H groups in total. The van der Waals surface area contributed by atoms with Gasteiger partial charge in [0.25, 0.3) is 0 Å². The summed E-state index contributed by atoms with van der Waals surface area (Å²) in [6.07, 6.45) is 0.777. The van der Waals surface area contributed by atoms with Crippen LogP contribution >= 0.6 is 11.8 Å². The number of ether oxygens (including phenoxy) is 1. The molecule has 16 heavy (non-hydrogen) atoms. The molecule has 0 aromatic heterocycles. The van der Waals surface area contributed by atoms with Crippen molar-refractivity contribution in [3.63, 3.8) is 0 Å². The second-order valence-corrected chi connectivity index (χ2v) is 3.88. The first kappa shape index (κ1) is 14.7. The summed E-state index contributed by atoms with van der Waals surface area (Å²) in [7, 11) is 1.56. The van der Waals surface area contributed by atoms with Crippen LogP contribution in [0.15, 0.2) is 6.26 Å². The van der Waals surface area contributed by atoms with Crippen LogP contribution in [0.3, 0.4) is 0 Å². The maximum Gasteiger partial charge on any atom is 0.321 e. The molecule has 0 aliphatic carbocycles. The minimum atomic E-state index is -0.929. The van der Waals surface area contributed by atoms with Gasteiger partial charge in [0.15, 0.2) is 12.2 Å². The lowest BCUT2D eigenvalue weighted by Crippen LogP contribution is -2.36. The maximum atomic E-state index is 10.9.